The lowest BCUT2D eigenvalue weighted by Gasteiger charge is -2.36. The van der Waals surface area contributed by atoms with Crippen LogP contribution in [0.2, 0.25) is 0 Å². The van der Waals surface area contributed by atoms with Crippen LogP contribution in [0.1, 0.15) is 218 Å². The highest BCUT2D eigenvalue weighted by atomic mass is 15.4. The van der Waals surface area contributed by atoms with E-state index < -0.39 is 0 Å². The van der Waals surface area contributed by atoms with Gasteiger partial charge in [-0.3, -0.25) is 0 Å². The smallest absolute Gasteiger partial charge is 0.100 e. The maximum absolute atomic E-state index is 2.82. The van der Waals surface area contributed by atoms with Crippen LogP contribution in [0.25, 0.3) is 22.2 Å². The number of rotatable bonds is 18. The largest absolute Gasteiger partial charge is 0.320 e. The molecule has 0 spiro atoms. The summed E-state index contributed by atoms with van der Waals surface area (Å²) in [5.41, 5.74) is 33.2. The first-order valence-electron chi connectivity index (χ1n) is 29.9. The standard InChI is InChI=1S/C75H86N2/c1-15-52-33-53(16-2)38-61(37-52)48(11)67-29-46(9)30-68(49(12)62-39-54(17-3)34-55(18-4)40-62)72(67)76-45-77(75-66-28-24-26-60-25-23-27-65(71(60)66)74(75)76)73-69(50(13)63-41-56(19-5)35-57(20-6)42-63)31-47(10)32-70(73)51(14)64-43-58(21-7)36-59(22-8)44-64/h23-44,48-51H,15-22,45H2,1-14H3/t48-,49-,50-,51-/m1/s1. The van der Waals surface area contributed by atoms with E-state index in [9.17, 15) is 0 Å². The topological polar surface area (TPSA) is 6.48 Å². The van der Waals surface area contributed by atoms with Crippen molar-refractivity contribution in [1.82, 2.24) is 0 Å². The molecule has 0 aromatic heterocycles. The molecular formula is C75H86N2. The second kappa shape index (κ2) is 22.4. The number of anilines is 2. The van der Waals surface area contributed by atoms with Crippen molar-refractivity contribution in [2.75, 3.05) is 16.5 Å². The minimum Gasteiger partial charge on any atom is -0.320 e. The quantitative estimate of drug-likeness (QED) is 0.0845. The van der Waals surface area contributed by atoms with Crippen LogP contribution in [0, 0.1) is 13.8 Å². The first kappa shape index (κ1) is 53.7. The lowest BCUT2D eigenvalue weighted by molar-refractivity contribution is 0.836. The van der Waals surface area contributed by atoms with E-state index in [0.29, 0.717) is 6.67 Å². The minimum absolute atomic E-state index is 0.140. The molecule has 1 aliphatic heterocycles. The fourth-order valence-electron chi connectivity index (χ4n) is 13.3. The molecule has 8 aromatic rings. The van der Waals surface area contributed by atoms with Crippen molar-refractivity contribution in [2.45, 2.75) is 172 Å². The molecule has 0 radical (unpaired) electrons. The maximum Gasteiger partial charge on any atom is 0.100 e. The van der Waals surface area contributed by atoms with E-state index in [4.69, 9.17) is 0 Å². The number of fused-ring (bicyclic) bond motifs is 2. The van der Waals surface area contributed by atoms with Gasteiger partial charge in [0.2, 0.25) is 0 Å². The average Bonchev–Trinajstić information content (AvgIpc) is 4.21. The van der Waals surface area contributed by atoms with E-state index in [1.807, 2.05) is 0 Å². The van der Waals surface area contributed by atoms with Crippen LogP contribution in [0.3, 0.4) is 0 Å². The zero-order valence-corrected chi connectivity index (χ0v) is 49.3. The number of hydrogen-bond acceptors (Lipinski definition) is 2. The van der Waals surface area contributed by atoms with E-state index >= 15 is 0 Å². The summed E-state index contributed by atoms with van der Waals surface area (Å²) in [4.78, 5) is 5.64. The van der Waals surface area contributed by atoms with Crippen molar-refractivity contribution in [3.63, 3.8) is 0 Å². The van der Waals surface area contributed by atoms with Crippen molar-refractivity contribution >= 4 is 33.5 Å². The lowest BCUT2D eigenvalue weighted by atomic mass is 9.81. The Morgan fingerprint density at radius 3 is 0.818 bits per heavy atom. The van der Waals surface area contributed by atoms with E-state index in [-0.39, 0.29) is 23.7 Å². The summed E-state index contributed by atoms with van der Waals surface area (Å²) in [6.07, 6.45) is 8.16. The molecule has 1 heterocycles. The van der Waals surface area contributed by atoms with Gasteiger partial charge in [0.15, 0.2) is 0 Å². The predicted molar refractivity (Wildman–Crippen MR) is 334 cm³/mol. The Balaban J connectivity index is 1.30. The molecule has 396 valence electrons. The molecule has 0 bridgehead atoms. The Kier molecular flexibility index (Phi) is 15.6. The second-order valence-electron chi connectivity index (χ2n) is 23.0. The van der Waals surface area contributed by atoms with Gasteiger partial charge in [0.05, 0.1) is 22.8 Å². The van der Waals surface area contributed by atoms with E-state index in [1.165, 1.54) is 145 Å². The molecular weight excluding hydrogens is 929 g/mol. The summed E-state index contributed by atoms with van der Waals surface area (Å²) >= 11 is 0. The molecule has 10 rings (SSSR count). The van der Waals surface area contributed by atoms with Gasteiger partial charge in [0.1, 0.15) is 6.67 Å². The summed E-state index contributed by atoms with van der Waals surface area (Å²) in [5, 5.41) is 2.66. The summed E-state index contributed by atoms with van der Waals surface area (Å²) in [5.74, 6) is 0.560. The third-order valence-electron chi connectivity index (χ3n) is 18.1. The molecule has 0 N–H and O–H groups in total. The van der Waals surface area contributed by atoms with E-state index in [0.717, 1.165) is 51.4 Å². The summed E-state index contributed by atoms with van der Waals surface area (Å²) in [6, 6.07) is 54.1. The highest BCUT2D eigenvalue weighted by molar-refractivity contribution is 6.21. The Morgan fingerprint density at radius 1 is 0.338 bits per heavy atom. The molecule has 0 saturated carbocycles. The van der Waals surface area contributed by atoms with Gasteiger partial charge < -0.3 is 9.80 Å². The molecule has 77 heavy (non-hydrogen) atoms. The second-order valence-corrected chi connectivity index (χ2v) is 23.0. The molecule has 2 nitrogen and oxygen atoms in total. The molecule has 8 aromatic carbocycles. The van der Waals surface area contributed by atoms with Gasteiger partial charge in [-0.15, -0.1) is 0 Å². The first-order chi connectivity index (χ1) is 37.2. The number of hydrogen-bond donors (Lipinski definition) is 0. The van der Waals surface area contributed by atoms with Crippen LogP contribution in [0.4, 0.5) is 11.4 Å². The van der Waals surface area contributed by atoms with Crippen molar-refractivity contribution < 1.29 is 0 Å². The molecule has 2 heteroatoms. The first-order valence-corrected chi connectivity index (χ1v) is 29.9. The predicted octanol–water partition coefficient (Wildman–Crippen LogP) is 19.7. The van der Waals surface area contributed by atoms with Crippen molar-refractivity contribution in [3.05, 3.63) is 245 Å². The molecule has 0 saturated heterocycles. The molecule has 0 unspecified atom stereocenters. The van der Waals surface area contributed by atoms with Gasteiger partial charge in [-0.25, -0.2) is 0 Å². The van der Waals surface area contributed by atoms with Crippen molar-refractivity contribution in [2.24, 2.45) is 0 Å². The monoisotopic (exact) mass is 1010 g/mol. The van der Waals surface area contributed by atoms with Crippen molar-refractivity contribution in [1.29, 1.82) is 0 Å². The highest BCUT2D eigenvalue weighted by Crippen LogP contribution is 2.56. The highest BCUT2D eigenvalue weighted by Gasteiger charge is 2.43. The lowest BCUT2D eigenvalue weighted by Crippen LogP contribution is -2.32. The SMILES string of the molecule is CCc1cc(CC)cc([C@@H](C)c2cc(C)cc([C@H](C)c3cc(CC)cc(CC)c3)c2N2CN(c3c([C@H](C)c4cc(CC)cc(CC)c4)cc(C)cc3[C@H](C)c3cc(CC)cc(CC)c3)C3=C2c2cccc4cccc3c24)c1. The molecule has 0 amide bonds. The van der Waals surface area contributed by atoms with Gasteiger partial charge in [0.25, 0.3) is 0 Å². The zero-order valence-electron chi connectivity index (χ0n) is 49.3. The third kappa shape index (κ3) is 10.0. The van der Waals surface area contributed by atoms with Gasteiger partial charge >= 0.3 is 0 Å². The van der Waals surface area contributed by atoms with Crippen LogP contribution >= 0.6 is 0 Å². The Hall–Kier alpha value is -6.64. The molecule has 2 aliphatic rings. The Morgan fingerprint density at radius 2 is 0.584 bits per heavy atom. The number of aryl methyl sites for hydroxylation is 10. The average molecular weight is 1020 g/mol. The summed E-state index contributed by atoms with van der Waals surface area (Å²) in [7, 11) is 0. The van der Waals surface area contributed by atoms with Gasteiger partial charge in [0, 0.05) is 40.2 Å². The Bertz CT molecular complexity index is 3060. The Labute approximate surface area is 464 Å². The van der Waals surface area contributed by atoms with Crippen molar-refractivity contribution in [3.8, 4) is 0 Å². The van der Waals surface area contributed by atoms with Gasteiger partial charge in [-0.05, 0) is 160 Å². The normalized spacial score (nSPS) is 14.7. The molecule has 1 aliphatic carbocycles. The zero-order chi connectivity index (χ0) is 54.4. The fourth-order valence-corrected chi connectivity index (χ4v) is 13.3. The fraction of sp³-hybridized carbons (Fsp3) is 0.360. The van der Waals surface area contributed by atoms with E-state index in [1.54, 1.807) is 0 Å². The van der Waals surface area contributed by atoms with Gasteiger partial charge in [-0.2, -0.15) is 0 Å². The van der Waals surface area contributed by atoms with Crippen LogP contribution in [-0.4, -0.2) is 6.67 Å². The summed E-state index contributed by atoms with van der Waals surface area (Å²) < 4.78 is 0. The van der Waals surface area contributed by atoms with Gasteiger partial charge in [-0.1, -0.05) is 228 Å². The minimum atomic E-state index is 0.140. The third-order valence-corrected chi connectivity index (χ3v) is 18.1. The molecule has 4 atom stereocenters. The summed E-state index contributed by atoms with van der Waals surface area (Å²) in [6.45, 7) is 33.8. The molecule has 0 fully saturated rings. The number of nitrogens with zero attached hydrogens (tertiary/aromatic N) is 2. The number of benzene rings is 8. The van der Waals surface area contributed by atoms with Crippen LogP contribution in [0.5, 0.6) is 0 Å². The van der Waals surface area contributed by atoms with E-state index in [2.05, 4.69) is 240 Å². The van der Waals surface area contributed by atoms with Crippen LogP contribution < -0.4 is 9.80 Å². The maximum atomic E-state index is 2.82. The van der Waals surface area contributed by atoms with Crippen LogP contribution in [-0.2, 0) is 51.4 Å². The van der Waals surface area contributed by atoms with Crippen LogP contribution in [0.15, 0.2) is 133 Å².